The molecule has 1 amide bonds. The number of unbranched alkanes of at least 4 members (excludes halogenated alkanes) is 4. The first-order chi connectivity index (χ1) is 13.1. The highest BCUT2D eigenvalue weighted by atomic mass is 35.6. The molecule has 0 aliphatic carbocycles. The number of anilines is 1. The molecule has 0 aliphatic heterocycles. The van der Waals surface area contributed by atoms with Crippen molar-refractivity contribution >= 4 is 69.4 Å². The smallest absolute Gasteiger partial charge is 0.269 e. The fourth-order valence-electron chi connectivity index (χ4n) is 2.29. The molecule has 0 unspecified atom stereocenters. The molecular weight excluding hydrogens is 447 g/mol. The van der Waals surface area contributed by atoms with Crippen molar-refractivity contribution in [3.8, 4) is 0 Å². The van der Waals surface area contributed by atoms with Crippen LogP contribution in [0.3, 0.4) is 0 Å². The average Bonchev–Trinajstić information content (AvgIpc) is 2.60. The second kappa shape index (κ2) is 12.3. The number of thiocarbonyl (C=S) groups is 1. The van der Waals surface area contributed by atoms with E-state index in [4.69, 9.17) is 47.0 Å². The van der Waals surface area contributed by atoms with Gasteiger partial charge in [0.25, 0.3) is 5.69 Å². The number of nitrogens with zero attached hydrogens (tertiary/aromatic N) is 1. The van der Waals surface area contributed by atoms with E-state index in [0.717, 1.165) is 32.1 Å². The highest BCUT2D eigenvalue weighted by Crippen LogP contribution is 2.29. The Bertz CT molecular complexity index is 669. The number of hydrogen-bond donors (Lipinski definition) is 3. The lowest BCUT2D eigenvalue weighted by Gasteiger charge is -2.27. The van der Waals surface area contributed by atoms with Gasteiger partial charge in [-0.15, -0.1) is 0 Å². The van der Waals surface area contributed by atoms with Gasteiger partial charge in [0.1, 0.15) is 6.17 Å². The van der Waals surface area contributed by atoms with Crippen LogP contribution in [-0.4, -0.2) is 25.9 Å². The zero-order valence-electron chi connectivity index (χ0n) is 15.3. The molecule has 1 aromatic rings. The third-order valence-corrected chi connectivity index (χ3v) is 4.63. The Morgan fingerprint density at radius 1 is 1.14 bits per heavy atom. The van der Waals surface area contributed by atoms with Gasteiger partial charge in [-0.2, -0.15) is 0 Å². The first-order valence-corrected chi connectivity index (χ1v) is 10.4. The SMILES string of the molecule is CCCCCCCC(=O)N[C@H](NC(=S)Nc1ccc([N+](=O)[O-])cc1)C(Cl)(Cl)Cl. The van der Waals surface area contributed by atoms with Crippen molar-refractivity contribution in [3.63, 3.8) is 0 Å². The Morgan fingerprint density at radius 3 is 2.29 bits per heavy atom. The maximum Gasteiger partial charge on any atom is 0.269 e. The largest absolute Gasteiger partial charge is 0.339 e. The molecule has 0 saturated heterocycles. The van der Waals surface area contributed by atoms with Crippen LogP contribution in [0, 0.1) is 10.1 Å². The van der Waals surface area contributed by atoms with Crippen molar-refractivity contribution in [1.82, 2.24) is 10.6 Å². The summed E-state index contributed by atoms with van der Waals surface area (Å²) in [5.74, 6) is -0.251. The minimum Gasteiger partial charge on any atom is -0.339 e. The molecule has 0 fully saturated rings. The van der Waals surface area contributed by atoms with Crippen LogP contribution in [-0.2, 0) is 4.79 Å². The van der Waals surface area contributed by atoms with Gasteiger partial charge in [0, 0.05) is 24.2 Å². The number of amides is 1. The van der Waals surface area contributed by atoms with Gasteiger partial charge in [-0.1, -0.05) is 67.4 Å². The summed E-state index contributed by atoms with van der Waals surface area (Å²) in [4.78, 5) is 22.3. The summed E-state index contributed by atoms with van der Waals surface area (Å²) in [6, 6.07) is 5.64. The number of halogens is 3. The second-order valence-electron chi connectivity index (χ2n) is 6.11. The lowest BCUT2D eigenvalue weighted by atomic mass is 10.1. The number of nitro benzene ring substituents is 1. The molecule has 28 heavy (non-hydrogen) atoms. The van der Waals surface area contributed by atoms with Crippen molar-refractivity contribution < 1.29 is 9.72 Å². The molecule has 0 spiro atoms. The van der Waals surface area contributed by atoms with E-state index in [1.807, 2.05) is 0 Å². The molecule has 0 aromatic heterocycles. The fourth-order valence-corrected chi connectivity index (χ4v) is 2.85. The van der Waals surface area contributed by atoms with Crippen LogP contribution in [0.5, 0.6) is 0 Å². The quantitative estimate of drug-likeness (QED) is 0.111. The van der Waals surface area contributed by atoms with Gasteiger partial charge < -0.3 is 16.0 Å². The van der Waals surface area contributed by atoms with Crippen LogP contribution in [0.2, 0.25) is 0 Å². The molecule has 7 nitrogen and oxygen atoms in total. The number of nitro groups is 1. The fraction of sp³-hybridized carbons (Fsp3) is 0.529. The van der Waals surface area contributed by atoms with Crippen molar-refractivity contribution in [3.05, 3.63) is 34.4 Å². The van der Waals surface area contributed by atoms with E-state index >= 15 is 0 Å². The first-order valence-electron chi connectivity index (χ1n) is 8.81. The predicted octanol–water partition coefficient (Wildman–Crippen LogP) is 5.05. The summed E-state index contributed by atoms with van der Waals surface area (Å²) in [7, 11) is 0. The third-order valence-electron chi connectivity index (χ3n) is 3.75. The Labute approximate surface area is 184 Å². The normalized spacial score (nSPS) is 12.1. The van der Waals surface area contributed by atoms with E-state index in [-0.39, 0.29) is 16.7 Å². The van der Waals surface area contributed by atoms with E-state index < -0.39 is 14.9 Å². The minimum absolute atomic E-state index is 0.0465. The van der Waals surface area contributed by atoms with Crippen LogP contribution < -0.4 is 16.0 Å². The Kier molecular flexibility index (Phi) is 10.8. The van der Waals surface area contributed by atoms with Gasteiger partial charge in [-0.25, -0.2) is 0 Å². The first kappa shape index (κ1) is 24.7. The van der Waals surface area contributed by atoms with Gasteiger partial charge in [-0.05, 0) is 30.8 Å². The van der Waals surface area contributed by atoms with Gasteiger partial charge in [0.15, 0.2) is 5.11 Å². The highest BCUT2D eigenvalue weighted by molar-refractivity contribution is 7.80. The van der Waals surface area contributed by atoms with Crippen molar-refractivity contribution in [1.29, 1.82) is 0 Å². The van der Waals surface area contributed by atoms with Gasteiger partial charge >= 0.3 is 0 Å². The number of non-ortho nitro benzene ring substituents is 1. The lowest BCUT2D eigenvalue weighted by Crippen LogP contribution is -2.56. The summed E-state index contributed by atoms with van der Waals surface area (Å²) in [6.45, 7) is 2.12. The summed E-state index contributed by atoms with van der Waals surface area (Å²) < 4.78 is -1.83. The van der Waals surface area contributed by atoms with Crippen LogP contribution in [0.25, 0.3) is 0 Å². The van der Waals surface area contributed by atoms with E-state index in [9.17, 15) is 14.9 Å². The zero-order chi connectivity index (χ0) is 21.2. The van der Waals surface area contributed by atoms with Gasteiger partial charge in [0.2, 0.25) is 9.70 Å². The maximum absolute atomic E-state index is 12.1. The predicted molar refractivity (Wildman–Crippen MR) is 118 cm³/mol. The molecule has 0 radical (unpaired) electrons. The molecule has 1 aromatic carbocycles. The molecule has 0 saturated carbocycles. The van der Waals surface area contributed by atoms with Crippen molar-refractivity contribution in [2.45, 2.75) is 55.4 Å². The molecular formula is C17H23Cl3N4O3S. The molecule has 0 heterocycles. The second-order valence-corrected chi connectivity index (χ2v) is 8.89. The Morgan fingerprint density at radius 2 is 1.75 bits per heavy atom. The van der Waals surface area contributed by atoms with Crippen molar-refractivity contribution in [2.75, 3.05) is 5.32 Å². The number of carbonyl (C=O) groups is 1. The zero-order valence-corrected chi connectivity index (χ0v) is 18.4. The molecule has 11 heteroatoms. The number of alkyl halides is 3. The number of benzene rings is 1. The number of hydrogen-bond acceptors (Lipinski definition) is 4. The minimum atomic E-state index is -1.83. The van der Waals surface area contributed by atoms with E-state index in [1.165, 1.54) is 24.3 Å². The molecule has 1 rings (SSSR count). The van der Waals surface area contributed by atoms with Gasteiger partial charge in [0.05, 0.1) is 4.92 Å². The molecule has 3 N–H and O–H groups in total. The topological polar surface area (TPSA) is 96.3 Å². The van der Waals surface area contributed by atoms with Crippen LogP contribution in [0.4, 0.5) is 11.4 Å². The van der Waals surface area contributed by atoms with Crippen LogP contribution >= 0.6 is 47.0 Å². The Hall–Kier alpha value is -1.35. The van der Waals surface area contributed by atoms with E-state index in [0.29, 0.717) is 12.1 Å². The number of rotatable bonds is 10. The molecule has 1 atom stereocenters. The molecule has 0 aliphatic rings. The van der Waals surface area contributed by atoms with E-state index in [2.05, 4.69) is 22.9 Å². The molecule has 0 bridgehead atoms. The summed E-state index contributed by atoms with van der Waals surface area (Å²) in [6.07, 6.45) is 4.35. The monoisotopic (exact) mass is 468 g/mol. The summed E-state index contributed by atoms with van der Waals surface area (Å²) in [5, 5.41) is 19.0. The number of carbonyl (C=O) groups excluding carboxylic acids is 1. The summed E-state index contributed by atoms with van der Waals surface area (Å²) in [5.41, 5.74) is 0.461. The highest BCUT2D eigenvalue weighted by Gasteiger charge is 2.34. The Balaban J connectivity index is 2.57. The van der Waals surface area contributed by atoms with Crippen LogP contribution in [0.15, 0.2) is 24.3 Å². The lowest BCUT2D eigenvalue weighted by molar-refractivity contribution is -0.384. The number of nitrogens with one attached hydrogen (secondary N) is 3. The summed E-state index contributed by atoms with van der Waals surface area (Å²) >= 11 is 23.0. The van der Waals surface area contributed by atoms with Crippen LogP contribution in [0.1, 0.15) is 45.4 Å². The maximum atomic E-state index is 12.1. The third kappa shape index (κ3) is 9.73. The van der Waals surface area contributed by atoms with E-state index in [1.54, 1.807) is 0 Å². The van der Waals surface area contributed by atoms with Crippen molar-refractivity contribution in [2.24, 2.45) is 0 Å². The standard InChI is InChI=1S/C17H23Cl3N4O3S/c1-2-3-4-5-6-7-14(25)22-15(17(18,19)20)23-16(28)21-12-8-10-13(11-9-12)24(26)27/h8-11,15H,2-7H2,1H3,(H,22,25)(H2,21,23,28)/t15-/m1/s1. The average molecular weight is 470 g/mol. The van der Waals surface area contributed by atoms with Gasteiger partial charge in [-0.3, -0.25) is 14.9 Å². The molecule has 156 valence electrons.